The van der Waals surface area contributed by atoms with Crippen molar-refractivity contribution in [3.05, 3.63) is 94.0 Å². The Morgan fingerprint density at radius 2 is 0.570 bits per heavy atom. The monoisotopic (exact) mass is 1250 g/mol. The molecule has 12 nitrogen and oxygen atoms in total. The van der Waals surface area contributed by atoms with Gasteiger partial charge in [0, 0.05) is 36.4 Å². The predicted molar refractivity (Wildman–Crippen MR) is 311 cm³/mol. The van der Waals surface area contributed by atoms with Crippen LogP contribution < -0.4 is 31.5 Å². The molecule has 24 heteroatoms. The summed E-state index contributed by atoms with van der Waals surface area (Å²) in [5, 5.41) is 26.0. The molecular weight excluding hydrogens is 1150 g/mol. The number of benzene rings is 3. The van der Waals surface area contributed by atoms with Gasteiger partial charge in [-0.25, -0.2) is 9.59 Å². The second-order valence-electron chi connectivity index (χ2n) is 21.3. The van der Waals surface area contributed by atoms with Gasteiger partial charge in [-0.3, -0.25) is 0 Å². The fraction of sp³-hybridized carbons (Fsp3) is 0.645. The minimum absolute atomic E-state index is 0.109. The molecule has 4 amide bonds. The van der Waals surface area contributed by atoms with Crippen LogP contribution in [-0.2, 0) is 47.4 Å². The van der Waals surface area contributed by atoms with Crippen LogP contribution in [0, 0.1) is 0 Å². The fourth-order valence-electron chi connectivity index (χ4n) is 8.91. The van der Waals surface area contributed by atoms with E-state index in [1.165, 1.54) is 188 Å². The number of hydrogen-bond donors (Lipinski definition) is 4. The largest absolute Gasteiger partial charge is 0.550 e. The third-order valence-corrected chi connectivity index (χ3v) is 13.5. The van der Waals surface area contributed by atoms with Crippen LogP contribution in [-0.4, -0.2) is 85.3 Å². The molecule has 0 spiro atoms. The zero-order valence-corrected chi connectivity index (χ0v) is 52.0. The normalized spacial score (nSPS) is 11.7. The summed E-state index contributed by atoms with van der Waals surface area (Å²) in [7, 11) is 0. The Bertz CT molecular complexity index is 2060. The van der Waals surface area contributed by atoms with Crippen molar-refractivity contribution in [2.24, 2.45) is 0 Å². The van der Waals surface area contributed by atoms with Gasteiger partial charge < -0.3 is 50.0 Å². The molecule has 4 N–H and O–H groups in total. The quantitative estimate of drug-likeness (QED) is 0.0384. The van der Waals surface area contributed by atoms with Crippen LogP contribution in [0.15, 0.2) is 60.7 Å². The molecule has 0 bridgehead atoms. The number of carbonyl (C=O) groups excluding carboxylic acids is 4. The van der Waals surface area contributed by atoms with Gasteiger partial charge in [-0.05, 0) is 113 Å². The smallest absolute Gasteiger partial charge is 0.416 e. The lowest BCUT2D eigenvalue weighted by Gasteiger charge is -2.39. The number of alkyl halides is 12. The number of amides is 4. The van der Waals surface area contributed by atoms with Crippen LogP contribution >= 0.6 is 0 Å². The standard InChI is InChI=1S/C26H18F12N4O2.2C16H36N.2C2H4O2/c27-23(28,29)15-5-16(24(30,31)32)8-19(7-15)41-21(43)39-11-13-2-1-3-14(4-13)12-40-22(44)42-20-9-17(25(33,34)35)6-18(10-20)26(36,37)38;2*1-5-9-13-17(14-10-6-2,15-11-7-3)16-12-8-4;2*1-2(3)4/h1-10H,11-12H2,(H2,39,41,43)(H2,40,42,44);2*5-16H2,1-4H3;2*1H3,(H,3,4)/q;2*+1;;/p-2. The van der Waals surface area contributed by atoms with Gasteiger partial charge in [-0.2, -0.15) is 52.7 Å². The number of rotatable bonds is 30. The third kappa shape index (κ3) is 38.4. The van der Waals surface area contributed by atoms with E-state index in [1.807, 2.05) is 10.6 Å². The van der Waals surface area contributed by atoms with Crippen LogP contribution in [0.3, 0.4) is 0 Å². The number of urea groups is 2. The highest BCUT2D eigenvalue weighted by Gasteiger charge is 2.39. The zero-order chi connectivity index (χ0) is 66.2. The SMILES string of the molecule is CC(=O)[O-].CC(=O)[O-].CCCC[N+](CCCC)(CCCC)CCCC.CCCC[N+](CCCC)(CCCC)CCCC.O=C(NCc1cccc(CNC(=O)Nc2cc(C(F)(F)F)cc(C(F)(F)F)c2)c1)Nc1cc(C(F)(F)F)cc(C(F)(F)F)c1. The van der Waals surface area contributed by atoms with Crippen LogP contribution in [0.1, 0.15) is 205 Å². The highest BCUT2D eigenvalue weighted by Crippen LogP contribution is 2.39. The first-order chi connectivity index (χ1) is 40.1. The third-order valence-electron chi connectivity index (χ3n) is 13.5. The molecule has 0 atom stereocenters. The van der Waals surface area contributed by atoms with E-state index < -0.39 is 82.3 Å². The minimum Gasteiger partial charge on any atom is -0.550 e. The summed E-state index contributed by atoms with van der Waals surface area (Å²) >= 11 is 0. The van der Waals surface area contributed by atoms with Crippen molar-refractivity contribution in [2.45, 2.75) is 210 Å². The predicted octanol–water partition coefficient (Wildman–Crippen LogP) is 15.9. The molecule has 0 unspecified atom stereocenters. The lowest BCUT2D eigenvalue weighted by molar-refractivity contribution is -0.929. The Hall–Kier alpha value is -5.78. The van der Waals surface area contributed by atoms with Crippen molar-refractivity contribution < 1.29 is 91.0 Å². The van der Waals surface area contributed by atoms with Crippen molar-refractivity contribution in [3.63, 3.8) is 0 Å². The van der Waals surface area contributed by atoms with Crippen LogP contribution in [0.2, 0.25) is 0 Å². The molecule has 0 aliphatic heterocycles. The van der Waals surface area contributed by atoms with Gasteiger partial charge in [-0.15, -0.1) is 0 Å². The molecule has 0 aromatic heterocycles. The number of hydrogen-bond acceptors (Lipinski definition) is 6. The molecule has 0 heterocycles. The molecule has 0 aliphatic carbocycles. The molecule has 0 saturated carbocycles. The molecule has 3 aromatic rings. The number of aliphatic carboxylic acids is 2. The van der Waals surface area contributed by atoms with Crippen molar-refractivity contribution in [3.8, 4) is 0 Å². The summed E-state index contributed by atoms with van der Waals surface area (Å²) < 4.78 is 159. The summed E-state index contributed by atoms with van der Waals surface area (Å²) in [6.07, 6.45) is 1.62. The van der Waals surface area contributed by atoms with E-state index in [1.54, 1.807) is 0 Å². The number of unbranched alkanes of at least 4 members (excludes halogenated alkanes) is 8. The summed E-state index contributed by atoms with van der Waals surface area (Å²) in [4.78, 5) is 42.1. The van der Waals surface area contributed by atoms with Gasteiger partial charge in [0.2, 0.25) is 0 Å². The first kappa shape index (κ1) is 82.3. The summed E-state index contributed by atoms with van der Waals surface area (Å²) in [5.41, 5.74) is -7.43. The highest BCUT2D eigenvalue weighted by atomic mass is 19.4. The molecule has 0 aliphatic rings. The van der Waals surface area contributed by atoms with Gasteiger partial charge in [0.25, 0.3) is 0 Å². The number of nitrogens with one attached hydrogen (secondary N) is 4. The van der Waals surface area contributed by atoms with Crippen LogP contribution in [0.4, 0.5) is 73.6 Å². The molecule has 3 aromatic carbocycles. The fourth-order valence-corrected chi connectivity index (χ4v) is 8.91. The van der Waals surface area contributed by atoms with Crippen LogP contribution in [0.5, 0.6) is 0 Å². The number of quaternary nitrogens is 2. The second-order valence-corrected chi connectivity index (χ2v) is 21.3. The first-order valence-electron chi connectivity index (χ1n) is 29.9. The Kier molecular flexibility index (Phi) is 41.1. The molecule has 0 saturated heterocycles. The Morgan fingerprint density at radius 1 is 0.372 bits per heavy atom. The van der Waals surface area contributed by atoms with E-state index in [9.17, 15) is 62.3 Å². The van der Waals surface area contributed by atoms with E-state index in [2.05, 4.69) is 66.0 Å². The van der Waals surface area contributed by atoms with Gasteiger partial charge in [0.05, 0.1) is 74.6 Å². The molecular formula is C62H96F12N6O6. The number of halogens is 12. The topological polar surface area (TPSA) is 163 Å². The number of carbonyl (C=O) groups is 4. The van der Waals surface area contributed by atoms with Gasteiger partial charge in [-0.1, -0.05) is 131 Å². The maximum atomic E-state index is 13.0. The zero-order valence-electron chi connectivity index (χ0n) is 52.0. The van der Waals surface area contributed by atoms with Gasteiger partial charge >= 0.3 is 36.8 Å². The highest BCUT2D eigenvalue weighted by molar-refractivity contribution is 5.90. The molecule has 86 heavy (non-hydrogen) atoms. The average Bonchev–Trinajstić information content (AvgIpc) is 1.90. The van der Waals surface area contributed by atoms with E-state index >= 15 is 0 Å². The van der Waals surface area contributed by atoms with E-state index in [4.69, 9.17) is 19.8 Å². The Balaban J connectivity index is 0. The lowest BCUT2D eigenvalue weighted by Crippen LogP contribution is -2.50. The Labute approximate surface area is 502 Å². The lowest BCUT2D eigenvalue weighted by atomic mass is 10.1. The minimum atomic E-state index is -5.13. The van der Waals surface area contributed by atoms with Crippen molar-refractivity contribution in [1.82, 2.24) is 10.6 Å². The summed E-state index contributed by atoms with van der Waals surface area (Å²) in [6, 6.07) is 4.49. The summed E-state index contributed by atoms with van der Waals surface area (Å²) in [5.74, 6) is -2.17. The van der Waals surface area contributed by atoms with E-state index in [0.29, 0.717) is 35.4 Å². The average molecular weight is 1250 g/mol. The van der Waals surface area contributed by atoms with E-state index in [-0.39, 0.29) is 25.2 Å². The summed E-state index contributed by atoms with van der Waals surface area (Å²) in [6.45, 7) is 31.4. The maximum absolute atomic E-state index is 13.0. The molecule has 0 radical (unpaired) electrons. The molecule has 0 fully saturated rings. The molecule has 3 rings (SSSR count). The Morgan fingerprint density at radius 3 is 0.744 bits per heavy atom. The van der Waals surface area contributed by atoms with Crippen molar-refractivity contribution in [2.75, 3.05) is 63.0 Å². The second kappa shape index (κ2) is 43.0. The van der Waals surface area contributed by atoms with Gasteiger partial charge in [0.15, 0.2) is 0 Å². The van der Waals surface area contributed by atoms with Gasteiger partial charge in [0.1, 0.15) is 0 Å². The number of anilines is 2. The number of carboxylic acids is 2. The first-order valence-corrected chi connectivity index (χ1v) is 29.9. The number of carboxylic acid groups (broad SMARTS) is 2. The van der Waals surface area contributed by atoms with Crippen LogP contribution in [0.25, 0.3) is 0 Å². The van der Waals surface area contributed by atoms with Crippen molar-refractivity contribution in [1.29, 1.82) is 0 Å². The number of nitrogens with zero attached hydrogens (tertiary/aromatic N) is 2. The van der Waals surface area contributed by atoms with Crippen molar-refractivity contribution >= 4 is 35.4 Å². The maximum Gasteiger partial charge on any atom is 0.416 e. The molecule has 494 valence electrons. The van der Waals surface area contributed by atoms with E-state index in [0.717, 1.165) is 13.8 Å².